The second-order valence-corrected chi connectivity index (χ2v) is 7.57. The first kappa shape index (κ1) is 24.4. The molecule has 166 valence electrons. The van der Waals surface area contributed by atoms with Crippen LogP contribution in [-0.4, -0.2) is 48.4 Å². The fourth-order valence-corrected chi connectivity index (χ4v) is 3.09. The summed E-state index contributed by atoms with van der Waals surface area (Å²) in [5.74, 6) is 2.88. The van der Waals surface area contributed by atoms with Gasteiger partial charge in [0.1, 0.15) is 5.82 Å². The fraction of sp³-hybridized carbons (Fsp3) is 0.571. The number of morpholine rings is 1. The molecule has 0 bridgehead atoms. The van der Waals surface area contributed by atoms with Gasteiger partial charge in [0.25, 0.3) is 0 Å². The van der Waals surface area contributed by atoms with Crippen LogP contribution >= 0.6 is 24.0 Å². The third kappa shape index (κ3) is 7.12. The van der Waals surface area contributed by atoms with Crippen molar-refractivity contribution >= 4 is 35.8 Å². The summed E-state index contributed by atoms with van der Waals surface area (Å²) < 4.78 is 11.0. The molecule has 2 aromatic heterocycles. The number of halogens is 1. The maximum atomic E-state index is 5.60. The quantitative estimate of drug-likeness (QED) is 0.324. The maximum absolute atomic E-state index is 5.60. The molecule has 1 aliphatic heterocycles. The molecule has 2 aromatic rings. The van der Waals surface area contributed by atoms with Crippen LogP contribution in [0.3, 0.4) is 0 Å². The predicted molar refractivity (Wildman–Crippen MR) is 130 cm³/mol. The number of guanidine groups is 1. The molecule has 30 heavy (non-hydrogen) atoms. The molecule has 1 fully saturated rings. The van der Waals surface area contributed by atoms with Crippen LogP contribution in [0, 0.1) is 0 Å². The largest absolute Gasteiger partial charge is 0.375 e. The number of nitrogens with one attached hydrogen (secondary N) is 2. The first-order chi connectivity index (χ1) is 14.0. The van der Waals surface area contributed by atoms with Crippen LogP contribution in [0.2, 0.25) is 0 Å². The summed E-state index contributed by atoms with van der Waals surface area (Å²) in [4.78, 5) is 11.5. The Kier molecular flexibility index (Phi) is 9.83. The van der Waals surface area contributed by atoms with Crippen molar-refractivity contribution in [1.29, 1.82) is 0 Å². The molecular formula is C21H33IN6O2. The van der Waals surface area contributed by atoms with Gasteiger partial charge in [0.2, 0.25) is 0 Å². The highest BCUT2D eigenvalue weighted by Gasteiger charge is 2.17. The molecule has 1 aliphatic rings. The molecule has 1 saturated heterocycles. The fourth-order valence-electron chi connectivity index (χ4n) is 3.09. The number of pyridine rings is 1. The van der Waals surface area contributed by atoms with Gasteiger partial charge >= 0.3 is 0 Å². The predicted octanol–water partition coefficient (Wildman–Crippen LogP) is 3.29. The number of rotatable bonds is 7. The van der Waals surface area contributed by atoms with E-state index < -0.39 is 0 Å². The second kappa shape index (κ2) is 12.1. The van der Waals surface area contributed by atoms with Gasteiger partial charge in [-0.05, 0) is 31.4 Å². The lowest BCUT2D eigenvalue weighted by atomic mass is 10.1. The Morgan fingerprint density at radius 3 is 2.80 bits per heavy atom. The first-order valence-electron chi connectivity index (χ1n) is 10.3. The molecular weight excluding hydrogens is 495 g/mol. The van der Waals surface area contributed by atoms with Gasteiger partial charge in [-0.1, -0.05) is 25.1 Å². The van der Waals surface area contributed by atoms with Gasteiger partial charge in [0.05, 0.1) is 31.5 Å². The Labute approximate surface area is 195 Å². The van der Waals surface area contributed by atoms with Crippen LogP contribution < -0.4 is 15.5 Å². The lowest BCUT2D eigenvalue weighted by Crippen LogP contribution is -2.41. The van der Waals surface area contributed by atoms with Gasteiger partial charge in [-0.3, -0.25) is 0 Å². The molecule has 9 heteroatoms. The monoisotopic (exact) mass is 528 g/mol. The van der Waals surface area contributed by atoms with Crippen LogP contribution in [0.1, 0.15) is 50.6 Å². The third-order valence-electron chi connectivity index (χ3n) is 4.74. The molecule has 0 spiro atoms. The molecule has 1 atom stereocenters. The van der Waals surface area contributed by atoms with Gasteiger partial charge in [-0.2, -0.15) is 0 Å². The van der Waals surface area contributed by atoms with E-state index in [1.165, 1.54) is 0 Å². The Balaban J connectivity index is 0.00000320. The Morgan fingerprint density at radius 2 is 2.17 bits per heavy atom. The van der Waals surface area contributed by atoms with Crippen molar-refractivity contribution in [1.82, 2.24) is 20.8 Å². The molecule has 0 aromatic carbocycles. The number of hydrogen-bond acceptors (Lipinski definition) is 6. The van der Waals surface area contributed by atoms with Crippen LogP contribution in [0.5, 0.6) is 0 Å². The van der Waals surface area contributed by atoms with E-state index in [1.807, 2.05) is 19.2 Å². The summed E-state index contributed by atoms with van der Waals surface area (Å²) in [6.45, 7) is 12.7. The lowest BCUT2D eigenvalue weighted by Gasteiger charge is -2.32. The number of aliphatic imine (C=N–C) groups is 1. The van der Waals surface area contributed by atoms with Gasteiger partial charge in [0.15, 0.2) is 11.7 Å². The normalized spacial score (nSPS) is 17.0. The zero-order valence-corrected chi connectivity index (χ0v) is 20.6. The minimum absolute atomic E-state index is 0. The van der Waals surface area contributed by atoms with E-state index in [4.69, 9.17) is 9.26 Å². The molecule has 0 saturated carbocycles. The summed E-state index contributed by atoms with van der Waals surface area (Å²) in [5.41, 5.74) is 2.03. The van der Waals surface area contributed by atoms with Crippen molar-refractivity contribution < 1.29 is 9.26 Å². The number of hydrogen-bond donors (Lipinski definition) is 2. The van der Waals surface area contributed by atoms with E-state index in [-0.39, 0.29) is 30.1 Å². The number of anilines is 1. The lowest BCUT2D eigenvalue weighted by molar-refractivity contribution is 0.0529. The van der Waals surface area contributed by atoms with Crippen molar-refractivity contribution in [3.05, 3.63) is 41.4 Å². The molecule has 8 nitrogen and oxygen atoms in total. The topological polar surface area (TPSA) is 87.8 Å². The van der Waals surface area contributed by atoms with E-state index in [0.29, 0.717) is 19.0 Å². The highest BCUT2D eigenvalue weighted by molar-refractivity contribution is 14.0. The van der Waals surface area contributed by atoms with Gasteiger partial charge in [-0.25, -0.2) is 9.98 Å². The standard InChI is InChI=1S/C21H32N6O2.HI/c1-5-22-21(25-13-18-10-19(15(2)3)26-29-18)24-12-17-6-7-20(23-11-17)27-8-9-28-16(4)14-27;/h6-7,10-11,15-16H,5,8-9,12-14H2,1-4H3,(H2,22,24,25);1H. The van der Waals surface area contributed by atoms with Gasteiger partial charge in [-0.15, -0.1) is 24.0 Å². The van der Waals surface area contributed by atoms with Crippen LogP contribution in [0.4, 0.5) is 5.82 Å². The molecule has 0 amide bonds. The van der Waals surface area contributed by atoms with Crippen molar-refractivity contribution in [2.24, 2.45) is 4.99 Å². The molecule has 3 rings (SSSR count). The van der Waals surface area contributed by atoms with Crippen molar-refractivity contribution in [3.63, 3.8) is 0 Å². The van der Waals surface area contributed by atoms with Crippen LogP contribution in [0.25, 0.3) is 0 Å². The molecule has 2 N–H and O–H groups in total. The SMILES string of the molecule is CCNC(=NCc1ccc(N2CCOC(C)C2)nc1)NCc1cc(C(C)C)no1.I. The van der Waals surface area contributed by atoms with E-state index in [2.05, 4.69) is 63.6 Å². The summed E-state index contributed by atoms with van der Waals surface area (Å²) in [6, 6.07) is 6.13. The van der Waals surface area contributed by atoms with Crippen molar-refractivity contribution in [2.45, 2.75) is 52.8 Å². The van der Waals surface area contributed by atoms with E-state index >= 15 is 0 Å². The number of nitrogens with zero attached hydrogens (tertiary/aromatic N) is 4. The molecule has 0 radical (unpaired) electrons. The minimum Gasteiger partial charge on any atom is -0.375 e. The number of aromatic nitrogens is 2. The van der Waals surface area contributed by atoms with Gasteiger partial charge in [0, 0.05) is 31.9 Å². The highest BCUT2D eigenvalue weighted by atomic mass is 127. The molecule has 3 heterocycles. The maximum Gasteiger partial charge on any atom is 0.191 e. The average molecular weight is 528 g/mol. The first-order valence-corrected chi connectivity index (χ1v) is 10.3. The highest BCUT2D eigenvalue weighted by Crippen LogP contribution is 2.16. The van der Waals surface area contributed by atoms with Crippen LogP contribution in [-0.2, 0) is 17.8 Å². The Hall–Kier alpha value is -1.88. The summed E-state index contributed by atoms with van der Waals surface area (Å²) in [5, 5.41) is 10.6. The summed E-state index contributed by atoms with van der Waals surface area (Å²) in [6.07, 6.45) is 2.14. The zero-order chi connectivity index (χ0) is 20.6. The van der Waals surface area contributed by atoms with Crippen LogP contribution in [0.15, 0.2) is 33.9 Å². The van der Waals surface area contributed by atoms with Gasteiger partial charge < -0.3 is 24.8 Å². The second-order valence-electron chi connectivity index (χ2n) is 7.57. The third-order valence-corrected chi connectivity index (χ3v) is 4.74. The smallest absolute Gasteiger partial charge is 0.191 e. The molecule has 0 aliphatic carbocycles. The Morgan fingerprint density at radius 1 is 1.33 bits per heavy atom. The summed E-state index contributed by atoms with van der Waals surface area (Å²) in [7, 11) is 0. The van der Waals surface area contributed by atoms with E-state index in [1.54, 1.807) is 0 Å². The average Bonchev–Trinajstić information content (AvgIpc) is 3.20. The van der Waals surface area contributed by atoms with Crippen molar-refractivity contribution in [3.8, 4) is 0 Å². The number of ether oxygens (including phenoxy) is 1. The van der Waals surface area contributed by atoms with E-state index in [0.717, 1.165) is 55.0 Å². The van der Waals surface area contributed by atoms with Crippen molar-refractivity contribution in [2.75, 3.05) is 31.1 Å². The summed E-state index contributed by atoms with van der Waals surface area (Å²) >= 11 is 0. The Bertz CT molecular complexity index is 793. The molecule has 1 unspecified atom stereocenters. The van der Waals surface area contributed by atoms with E-state index in [9.17, 15) is 0 Å². The minimum atomic E-state index is 0. The zero-order valence-electron chi connectivity index (χ0n) is 18.2.